The molecule has 1 aromatic carbocycles. The number of piperidine rings is 1. The molecule has 29 heavy (non-hydrogen) atoms. The zero-order valence-corrected chi connectivity index (χ0v) is 16.9. The van der Waals surface area contributed by atoms with Crippen LogP contribution in [0.4, 0.5) is 10.1 Å². The quantitative estimate of drug-likeness (QED) is 0.666. The van der Waals surface area contributed by atoms with Crippen LogP contribution in [0, 0.1) is 5.82 Å². The summed E-state index contributed by atoms with van der Waals surface area (Å²) in [4.78, 5) is 33.4. The Labute approximate surface area is 170 Å². The number of benzene rings is 1. The fourth-order valence-electron chi connectivity index (χ4n) is 3.93. The molecule has 1 saturated heterocycles. The van der Waals surface area contributed by atoms with Gasteiger partial charge in [0.2, 0.25) is 5.91 Å². The van der Waals surface area contributed by atoms with Crippen LogP contribution >= 0.6 is 0 Å². The molecule has 2 aromatic rings. The van der Waals surface area contributed by atoms with E-state index in [9.17, 15) is 14.0 Å². The monoisotopic (exact) mass is 402 g/mol. The zero-order chi connectivity index (χ0) is 20.9. The number of imidazole rings is 1. The number of rotatable bonds is 7. The largest absolute Gasteiger partial charge is 0.467 e. The second kappa shape index (κ2) is 9.17. The van der Waals surface area contributed by atoms with E-state index in [1.807, 2.05) is 10.8 Å². The van der Waals surface area contributed by atoms with E-state index in [0.29, 0.717) is 25.9 Å². The lowest BCUT2D eigenvalue weighted by molar-refractivity contribution is -0.151. The molecule has 1 aliphatic heterocycles. The molecule has 156 valence electrons. The van der Waals surface area contributed by atoms with Crippen LogP contribution in [-0.4, -0.2) is 58.6 Å². The molecule has 1 aromatic heterocycles. The Kier molecular flexibility index (Phi) is 6.64. The normalized spacial score (nSPS) is 16.4. The number of amides is 1. The molecule has 7 nitrogen and oxygen atoms in total. The number of hydrogen-bond donors (Lipinski definition) is 0. The van der Waals surface area contributed by atoms with Crippen molar-refractivity contribution < 1.29 is 18.7 Å². The van der Waals surface area contributed by atoms with Crippen LogP contribution in [0.25, 0.3) is 0 Å². The first-order chi connectivity index (χ1) is 14.0. The lowest BCUT2D eigenvalue weighted by Gasteiger charge is -2.46. The summed E-state index contributed by atoms with van der Waals surface area (Å²) in [6, 6.07) is 6.08. The van der Waals surface area contributed by atoms with Gasteiger partial charge in [-0.15, -0.1) is 0 Å². The van der Waals surface area contributed by atoms with Crippen LogP contribution in [0.2, 0.25) is 0 Å². The number of nitrogens with zero attached hydrogens (tertiary/aromatic N) is 4. The molecule has 8 heteroatoms. The Morgan fingerprint density at radius 3 is 2.55 bits per heavy atom. The Hall–Kier alpha value is -2.74. The highest BCUT2D eigenvalue weighted by molar-refractivity contribution is 6.02. The second-order valence-electron chi connectivity index (χ2n) is 7.20. The fraction of sp³-hybridized carbons (Fsp3) is 0.476. The number of anilines is 1. The third-order valence-corrected chi connectivity index (χ3v) is 5.56. The van der Waals surface area contributed by atoms with Gasteiger partial charge in [-0.25, -0.2) is 14.2 Å². The van der Waals surface area contributed by atoms with Gasteiger partial charge in [-0.1, -0.05) is 19.1 Å². The van der Waals surface area contributed by atoms with E-state index in [4.69, 9.17) is 4.74 Å². The van der Waals surface area contributed by atoms with Crippen molar-refractivity contribution >= 4 is 17.6 Å². The van der Waals surface area contributed by atoms with E-state index in [0.717, 1.165) is 13.1 Å². The zero-order valence-electron chi connectivity index (χ0n) is 16.9. The molecule has 0 spiro atoms. The Morgan fingerprint density at radius 2 is 1.97 bits per heavy atom. The van der Waals surface area contributed by atoms with Crippen LogP contribution in [0.15, 0.2) is 43.0 Å². The van der Waals surface area contributed by atoms with Gasteiger partial charge in [0.25, 0.3) is 0 Å². The van der Waals surface area contributed by atoms with Crippen LogP contribution < -0.4 is 4.90 Å². The molecule has 0 radical (unpaired) electrons. The van der Waals surface area contributed by atoms with Gasteiger partial charge in [-0.3, -0.25) is 9.69 Å². The molecular formula is C21H27FN4O3. The van der Waals surface area contributed by atoms with Crippen molar-refractivity contribution in [1.29, 1.82) is 0 Å². The Morgan fingerprint density at radius 1 is 1.24 bits per heavy atom. The predicted octanol–water partition coefficient (Wildman–Crippen LogP) is 2.47. The van der Waals surface area contributed by atoms with Gasteiger partial charge in [-0.2, -0.15) is 0 Å². The van der Waals surface area contributed by atoms with E-state index in [1.165, 1.54) is 18.1 Å². The highest BCUT2D eigenvalue weighted by Gasteiger charge is 2.50. The maximum atomic E-state index is 14.6. The topological polar surface area (TPSA) is 67.7 Å². The van der Waals surface area contributed by atoms with Gasteiger partial charge in [0.15, 0.2) is 0 Å². The summed E-state index contributed by atoms with van der Waals surface area (Å²) < 4.78 is 21.7. The summed E-state index contributed by atoms with van der Waals surface area (Å²) in [6.07, 6.45) is 6.33. The van der Waals surface area contributed by atoms with E-state index in [1.54, 1.807) is 37.6 Å². The molecular weight excluding hydrogens is 375 g/mol. The SMILES string of the molecule is CCC(=O)N(c1ccccc1F)C1(C(=O)OC)CCN(CCn2ccnc2)CC1. The summed E-state index contributed by atoms with van der Waals surface area (Å²) in [7, 11) is 1.31. The minimum Gasteiger partial charge on any atom is -0.467 e. The number of esters is 1. The van der Waals surface area contributed by atoms with Gasteiger partial charge in [0.1, 0.15) is 11.4 Å². The fourth-order valence-corrected chi connectivity index (χ4v) is 3.93. The van der Waals surface area contributed by atoms with E-state index < -0.39 is 17.3 Å². The second-order valence-corrected chi connectivity index (χ2v) is 7.20. The maximum absolute atomic E-state index is 14.6. The molecule has 0 saturated carbocycles. The van der Waals surface area contributed by atoms with Crippen molar-refractivity contribution in [2.75, 3.05) is 31.6 Å². The molecule has 0 N–H and O–H groups in total. The average molecular weight is 402 g/mol. The predicted molar refractivity (Wildman–Crippen MR) is 107 cm³/mol. The molecule has 1 aliphatic rings. The van der Waals surface area contributed by atoms with Gasteiger partial charge in [0.05, 0.1) is 19.1 Å². The molecule has 3 rings (SSSR count). The summed E-state index contributed by atoms with van der Waals surface area (Å²) in [5.41, 5.74) is -1.09. The molecule has 1 amide bonds. The number of aromatic nitrogens is 2. The maximum Gasteiger partial charge on any atom is 0.332 e. The van der Waals surface area contributed by atoms with Crippen molar-refractivity contribution in [2.24, 2.45) is 0 Å². The highest BCUT2D eigenvalue weighted by atomic mass is 19.1. The third-order valence-electron chi connectivity index (χ3n) is 5.56. The first-order valence-electron chi connectivity index (χ1n) is 9.86. The van der Waals surface area contributed by atoms with Gasteiger partial charge >= 0.3 is 5.97 Å². The molecule has 0 atom stereocenters. The van der Waals surface area contributed by atoms with E-state index in [2.05, 4.69) is 9.88 Å². The molecule has 0 unspecified atom stereocenters. The number of carbonyl (C=O) groups is 2. The summed E-state index contributed by atoms with van der Waals surface area (Å²) in [5.74, 6) is -1.33. The van der Waals surface area contributed by atoms with Crippen molar-refractivity contribution in [1.82, 2.24) is 14.5 Å². The van der Waals surface area contributed by atoms with Crippen molar-refractivity contribution in [3.63, 3.8) is 0 Å². The molecule has 1 fully saturated rings. The van der Waals surface area contributed by atoms with Crippen LogP contribution in [0.1, 0.15) is 26.2 Å². The number of methoxy groups -OCH3 is 1. The molecule has 2 heterocycles. The highest BCUT2D eigenvalue weighted by Crippen LogP contribution is 2.36. The average Bonchev–Trinajstić information content (AvgIpc) is 3.27. The number of carbonyl (C=O) groups excluding carboxylic acids is 2. The minimum atomic E-state index is -1.21. The van der Waals surface area contributed by atoms with Gasteiger partial charge in [-0.05, 0) is 25.0 Å². The Bertz CT molecular complexity index is 832. The lowest BCUT2D eigenvalue weighted by atomic mass is 9.84. The smallest absolute Gasteiger partial charge is 0.332 e. The Balaban J connectivity index is 1.85. The number of halogens is 1. The van der Waals surface area contributed by atoms with Crippen LogP contribution in [0.3, 0.4) is 0 Å². The molecule has 0 bridgehead atoms. The summed E-state index contributed by atoms with van der Waals surface area (Å²) >= 11 is 0. The third kappa shape index (κ3) is 4.32. The first kappa shape index (κ1) is 21.0. The standard InChI is InChI=1S/C21H27FN4O3/c1-3-19(27)26(18-7-5-4-6-17(18)22)21(20(28)29-2)8-11-24(12-9-21)14-15-25-13-10-23-16-25/h4-7,10,13,16H,3,8-9,11-12,14-15H2,1-2H3. The van der Waals surface area contributed by atoms with E-state index in [-0.39, 0.29) is 18.0 Å². The first-order valence-corrected chi connectivity index (χ1v) is 9.86. The summed E-state index contributed by atoms with van der Waals surface area (Å²) in [6.45, 7) is 4.50. The molecule has 0 aliphatic carbocycles. The van der Waals surface area contributed by atoms with E-state index >= 15 is 0 Å². The van der Waals surface area contributed by atoms with Crippen molar-refractivity contribution in [3.05, 3.63) is 48.8 Å². The minimum absolute atomic E-state index is 0.122. The van der Waals surface area contributed by atoms with Crippen molar-refractivity contribution in [3.8, 4) is 0 Å². The van der Waals surface area contributed by atoms with Crippen molar-refractivity contribution in [2.45, 2.75) is 38.3 Å². The number of ether oxygens (including phenoxy) is 1. The lowest BCUT2D eigenvalue weighted by Crippen LogP contribution is -2.63. The van der Waals surface area contributed by atoms with Crippen LogP contribution in [0.5, 0.6) is 0 Å². The van der Waals surface area contributed by atoms with Gasteiger partial charge in [0, 0.05) is 45.0 Å². The summed E-state index contributed by atoms with van der Waals surface area (Å²) in [5, 5.41) is 0. The van der Waals surface area contributed by atoms with Gasteiger partial charge < -0.3 is 14.2 Å². The number of likely N-dealkylation sites (tertiary alicyclic amines) is 1. The number of hydrogen-bond acceptors (Lipinski definition) is 5. The number of para-hydroxylation sites is 1. The van der Waals surface area contributed by atoms with Crippen LogP contribution in [-0.2, 0) is 20.9 Å².